The molecule has 2 fully saturated rings. The Labute approximate surface area is 90.6 Å². The highest BCUT2D eigenvalue weighted by Crippen LogP contribution is 2.58. The van der Waals surface area contributed by atoms with E-state index in [1.54, 1.807) is 0 Å². The minimum Gasteiger partial charge on any atom is -0.393 e. The lowest BCUT2D eigenvalue weighted by molar-refractivity contribution is -0.0703. The Kier molecular flexibility index (Phi) is 2.61. The molecule has 0 aromatic carbocycles. The molecule has 14 heavy (non-hydrogen) atoms. The molecule has 0 radical (unpaired) electrons. The lowest BCUT2D eigenvalue weighted by atomic mass is 9.56. The van der Waals surface area contributed by atoms with Gasteiger partial charge in [0.25, 0.3) is 0 Å². The second-order valence-corrected chi connectivity index (χ2v) is 7.17. The quantitative estimate of drug-likeness (QED) is 0.736. The number of aliphatic hydroxyl groups is 1. The van der Waals surface area contributed by atoms with Crippen molar-refractivity contribution in [3.63, 3.8) is 0 Å². The average Bonchev–Trinajstić information content (AvgIpc) is 2.40. The van der Waals surface area contributed by atoms with Gasteiger partial charge in [-0.2, -0.15) is 11.8 Å². The summed E-state index contributed by atoms with van der Waals surface area (Å²) in [7, 11) is 0. The second-order valence-electron chi connectivity index (χ2n) is 5.42. The SMILES string of the molecule is CC1(C)SCCC1C1(CN)CC(O)C1. The van der Waals surface area contributed by atoms with Crippen molar-refractivity contribution in [1.29, 1.82) is 0 Å². The lowest BCUT2D eigenvalue weighted by Gasteiger charge is -2.52. The summed E-state index contributed by atoms with van der Waals surface area (Å²) in [4.78, 5) is 0. The van der Waals surface area contributed by atoms with Crippen molar-refractivity contribution in [2.24, 2.45) is 17.1 Å². The van der Waals surface area contributed by atoms with Crippen LogP contribution in [0.2, 0.25) is 0 Å². The van der Waals surface area contributed by atoms with Crippen LogP contribution in [0.3, 0.4) is 0 Å². The van der Waals surface area contributed by atoms with E-state index in [4.69, 9.17) is 5.73 Å². The van der Waals surface area contributed by atoms with Gasteiger partial charge in [0.15, 0.2) is 0 Å². The minimum atomic E-state index is -0.0834. The van der Waals surface area contributed by atoms with Gasteiger partial charge < -0.3 is 10.8 Å². The van der Waals surface area contributed by atoms with Crippen LogP contribution in [0.1, 0.15) is 33.1 Å². The molecule has 1 saturated heterocycles. The number of nitrogens with two attached hydrogens (primary N) is 1. The molecule has 82 valence electrons. The standard InChI is InChI=1S/C11H21NOS/c1-10(2)9(3-4-14-10)11(7-12)5-8(13)6-11/h8-9,13H,3-7,12H2,1-2H3. The summed E-state index contributed by atoms with van der Waals surface area (Å²) >= 11 is 2.06. The molecular weight excluding hydrogens is 194 g/mol. The van der Waals surface area contributed by atoms with Crippen LogP contribution in [-0.2, 0) is 0 Å². The van der Waals surface area contributed by atoms with Crippen molar-refractivity contribution in [3.8, 4) is 0 Å². The monoisotopic (exact) mass is 215 g/mol. The Bertz CT molecular complexity index is 223. The molecule has 1 heterocycles. The number of hydrogen-bond acceptors (Lipinski definition) is 3. The predicted molar refractivity (Wildman–Crippen MR) is 61.4 cm³/mol. The molecule has 2 nitrogen and oxygen atoms in total. The largest absolute Gasteiger partial charge is 0.393 e. The molecule has 0 bridgehead atoms. The van der Waals surface area contributed by atoms with Crippen molar-refractivity contribution >= 4 is 11.8 Å². The van der Waals surface area contributed by atoms with Gasteiger partial charge in [-0.15, -0.1) is 0 Å². The van der Waals surface area contributed by atoms with E-state index in [-0.39, 0.29) is 11.5 Å². The van der Waals surface area contributed by atoms with Crippen LogP contribution in [0.4, 0.5) is 0 Å². The number of thioether (sulfide) groups is 1. The molecule has 0 amide bonds. The Hall–Kier alpha value is 0.270. The van der Waals surface area contributed by atoms with Gasteiger partial charge in [-0.1, -0.05) is 13.8 Å². The predicted octanol–water partition coefficient (Wildman–Crippen LogP) is 1.62. The highest BCUT2D eigenvalue weighted by molar-refractivity contribution is 8.00. The fraction of sp³-hybridized carbons (Fsp3) is 1.00. The molecule has 1 aliphatic carbocycles. The van der Waals surface area contributed by atoms with Crippen LogP contribution in [0.15, 0.2) is 0 Å². The van der Waals surface area contributed by atoms with Gasteiger partial charge in [0.05, 0.1) is 6.10 Å². The third-order valence-electron chi connectivity index (χ3n) is 4.15. The summed E-state index contributed by atoms with van der Waals surface area (Å²) in [5, 5.41) is 9.48. The normalized spacial score (nSPS) is 46.3. The third-order valence-corrected chi connectivity index (χ3v) is 5.62. The van der Waals surface area contributed by atoms with Crippen molar-refractivity contribution < 1.29 is 5.11 Å². The van der Waals surface area contributed by atoms with Crippen LogP contribution in [0.25, 0.3) is 0 Å². The Balaban J connectivity index is 2.13. The van der Waals surface area contributed by atoms with Crippen LogP contribution in [0.5, 0.6) is 0 Å². The summed E-state index contributed by atoms with van der Waals surface area (Å²) in [6, 6.07) is 0. The summed E-state index contributed by atoms with van der Waals surface area (Å²) in [5.74, 6) is 1.96. The summed E-state index contributed by atoms with van der Waals surface area (Å²) in [5.41, 5.74) is 6.17. The number of aliphatic hydroxyl groups excluding tert-OH is 1. The van der Waals surface area contributed by atoms with Crippen LogP contribution >= 0.6 is 11.8 Å². The van der Waals surface area contributed by atoms with Crippen LogP contribution in [0, 0.1) is 11.3 Å². The van der Waals surface area contributed by atoms with Gasteiger partial charge >= 0.3 is 0 Å². The van der Waals surface area contributed by atoms with Gasteiger partial charge in [-0.25, -0.2) is 0 Å². The number of hydrogen-bond donors (Lipinski definition) is 2. The molecule has 3 N–H and O–H groups in total. The van der Waals surface area contributed by atoms with Crippen molar-refractivity contribution in [2.75, 3.05) is 12.3 Å². The highest BCUT2D eigenvalue weighted by atomic mass is 32.2. The third kappa shape index (κ3) is 1.50. The summed E-state index contributed by atoms with van der Waals surface area (Å²) < 4.78 is 0.361. The van der Waals surface area contributed by atoms with Gasteiger partial charge in [0, 0.05) is 4.75 Å². The summed E-state index contributed by atoms with van der Waals surface area (Å²) in [6.07, 6.45) is 3.05. The molecule has 1 saturated carbocycles. The molecule has 0 aromatic heterocycles. The maximum atomic E-state index is 9.48. The molecule has 2 rings (SSSR count). The average molecular weight is 215 g/mol. The summed E-state index contributed by atoms with van der Waals surface area (Å²) in [6.45, 7) is 5.41. The van der Waals surface area contributed by atoms with Crippen molar-refractivity contribution in [1.82, 2.24) is 0 Å². The molecular formula is C11H21NOS. The van der Waals surface area contributed by atoms with E-state index >= 15 is 0 Å². The van der Waals surface area contributed by atoms with E-state index in [0.29, 0.717) is 10.7 Å². The maximum Gasteiger partial charge on any atom is 0.0552 e. The fourth-order valence-corrected chi connectivity index (χ4v) is 4.85. The van der Waals surface area contributed by atoms with Crippen molar-refractivity contribution in [2.45, 2.75) is 44.0 Å². The first kappa shape index (κ1) is 10.8. The fourth-order valence-electron chi connectivity index (χ4n) is 3.40. The Morgan fingerprint density at radius 3 is 2.43 bits per heavy atom. The zero-order valence-corrected chi connectivity index (χ0v) is 9.94. The molecule has 1 atom stereocenters. The second kappa shape index (κ2) is 3.39. The van der Waals surface area contributed by atoms with Gasteiger partial charge in [-0.05, 0) is 42.9 Å². The van der Waals surface area contributed by atoms with E-state index in [0.717, 1.165) is 19.4 Å². The van der Waals surface area contributed by atoms with Crippen LogP contribution in [-0.4, -0.2) is 28.3 Å². The van der Waals surface area contributed by atoms with E-state index in [1.807, 2.05) is 0 Å². The first-order chi connectivity index (χ1) is 6.50. The van der Waals surface area contributed by atoms with Crippen molar-refractivity contribution in [3.05, 3.63) is 0 Å². The molecule has 0 aromatic rings. The molecule has 1 unspecified atom stereocenters. The molecule has 2 aliphatic rings. The minimum absolute atomic E-state index is 0.0834. The van der Waals surface area contributed by atoms with E-state index < -0.39 is 0 Å². The smallest absolute Gasteiger partial charge is 0.0552 e. The van der Waals surface area contributed by atoms with Gasteiger partial charge in [0.1, 0.15) is 0 Å². The van der Waals surface area contributed by atoms with E-state index in [1.165, 1.54) is 12.2 Å². The Morgan fingerprint density at radius 2 is 2.07 bits per heavy atom. The Morgan fingerprint density at radius 1 is 1.43 bits per heavy atom. The number of rotatable bonds is 2. The maximum absolute atomic E-state index is 9.48. The van der Waals surface area contributed by atoms with Crippen LogP contribution < -0.4 is 5.73 Å². The molecule has 0 spiro atoms. The molecule has 1 aliphatic heterocycles. The van der Waals surface area contributed by atoms with Gasteiger partial charge in [0.2, 0.25) is 0 Å². The highest BCUT2D eigenvalue weighted by Gasteiger charge is 2.54. The zero-order valence-electron chi connectivity index (χ0n) is 9.12. The van der Waals surface area contributed by atoms with Gasteiger partial charge in [-0.3, -0.25) is 0 Å². The first-order valence-corrected chi connectivity index (χ1v) is 6.51. The topological polar surface area (TPSA) is 46.2 Å². The first-order valence-electron chi connectivity index (χ1n) is 5.52. The zero-order chi connectivity index (χ0) is 10.4. The lowest BCUT2D eigenvalue weighted by Crippen LogP contribution is -2.54. The van der Waals surface area contributed by atoms with E-state index in [9.17, 15) is 5.11 Å². The van der Waals surface area contributed by atoms with E-state index in [2.05, 4.69) is 25.6 Å². The molecule has 3 heteroatoms.